The van der Waals surface area contributed by atoms with Crippen molar-refractivity contribution in [2.45, 2.75) is 31.2 Å². The van der Waals surface area contributed by atoms with Crippen LogP contribution in [0.15, 0.2) is 29.2 Å². The molecule has 1 aromatic heterocycles. The molecule has 2 nitrogen and oxygen atoms in total. The maximum Gasteiger partial charge on any atom is 0.0946 e. The number of rotatable bonds is 6. The molecule has 2 aromatic rings. The van der Waals surface area contributed by atoms with Crippen molar-refractivity contribution >= 4 is 34.7 Å². The Morgan fingerprint density at radius 2 is 2.00 bits per heavy atom. The van der Waals surface area contributed by atoms with Gasteiger partial charge in [-0.25, -0.2) is 4.98 Å². The lowest BCUT2D eigenvalue weighted by molar-refractivity contribution is 0.615. The highest BCUT2D eigenvalue weighted by atomic mass is 35.5. The first-order valence-electron chi connectivity index (χ1n) is 6.57. The summed E-state index contributed by atoms with van der Waals surface area (Å²) in [7, 11) is 2.01. The summed E-state index contributed by atoms with van der Waals surface area (Å²) in [6, 6.07) is 8.44. The van der Waals surface area contributed by atoms with E-state index in [2.05, 4.69) is 36.3 Å². The predicted octanol–water partition coefficient (Wildman–Crippen LogP) is 4.34. The van der Waals surface area contributed by atoms with E-state index >= 15 is 0 Å². The first-order valence-corrected chi connectivity index (χ1v) is 8.75. The lowest BCUT2D eigenvalue weighted by Crippen LogP contribution is -2.30. The van der Waals surface area contributed by atoms with E-state index in [1.54, 1.807) is 11.3 Å². The van der Waals surface area contributed by atoms with E-state index in [0.717, 1.165) is 22.9 Å². The second kappa shape index (κ2) is 7.46. The molecule has 1 aromatic carbocycles. The number of hydrogen-bond acceptors (Lipinski definition) is 4. The second-order valence-corrected chi connectivity index (χ2v) is 7.52. The van der Waals surface area contributed by atoms with Crippen molar-refractivity contribution in [2.75, 3.05) is 12.8 Å². The molecule has 1 N–H and O–H groups in total. The lowest BCUT2D eigenvalue weighted by atomic mass is 10.2. The molecule has 0 aliphatic rings. The monoisotopic (exact) mass is 326 g/mol. The molecule has 0 fully saturated rings. The molecular weight excluding hydrogens is 308 g/mol. The van der Waals surface area contributed by atoms with Gasteiger partial charge in [-0.1, -0.05) is 11.6 Å². The molecule has 0 aliphatic heterocycles. The van der Waals surface area contributed by atoms with Crippen LogP contribution >= 0.6 is 34.7 Å². The summed E-state index contributed by atoms with van der Waals surface area (Å²) in [5.41, 5.74) is 1.16. The summed E-state index contributed by atoms with van der Waals surface area (Å²) in [6.45, 7) is 4.21. The zero-order valence-electron chi connectivity index (χ0n) is 11.9. The molecule has 0 saturated carbocycles. The van der Waals surface area contributed by atoms with Gasteiger partial charge in [-0.2, -0.15) is 0 Å². The van der Waals surface area contributed by atoms with Gasteiger partial charge in [-0.15, -0.1) is 23.1 Å². The average Bonchev–Trinajstić information content (AvgIpc) is 2.75. The number of thioether (sulfide) groups is 1. The Hall–Kier alpha value is -0.550. The number of nitrogens with one attached hydrogen (secondary N) is 1. The van der Waals surface area contributed by atoms with E-state index in [0.29, 0.717) is 6.04 Å². The van der Waals surface area contributed by atoms with Gasteiger partial charge in [0.1, 0.15) is 0 Å². The number of aryl methyl sites for hydroxylation is 2. The van der Waals surface area contributed by atoms with E-state index in [4.69, 9.17) is 11.6 Å². The highest BCUT2D eigenvalue weighted by Gasteiger charge is 2.12. The largest absolute Gasteiger partial charge is 0.316 e. The molecule has 5 heteroatoms. The van der Waals surface area contributed by atoms with Crippen LogP contribution in [0.1, 0.15) is 15.6 Å². The van der Waals surface area contributed by atoms with E-state index in [1.807, 2.05) is 30.9 Å². The van der Waals surface area contributed by atoms with Crippen molar-refractivity contribution in [3.8, 4) is 0 Å². The average molecular weight is 327 g/mol. The van der Waals surface area contributed by atoms with Gasteiger partial charge in [0, 0.05) is 33.0 Å². The summed E-state index contributed by atoms with van der Waals surface area (Å²) in [5, 5.41) is 5.38. The standard InChI is InChI=1S/C15H19ClN2S2/c1-10-11(2)20-15(18-10)8-13(17-3)9-19-14-6-4-12(16)5-7-14/h4-7,13,17H,8-9H2,1-3H3. The van der Waals surface area contributed by atoms with Crippen LogP contribution in [0.25, 0.3) is 0 Å². The highest BCUT2D eigenvalue weighted by molar-refractivity contribution is 7.99. The summed E-state index contributed by atoms with van der Waals surface area (Å²) in [6.07, 6.45) is 0.983. The normalized spacial score (nSPS) is 12.6. The summed E-state index contributed by atoms with van der Waals surface area (Å²) in [5.74, 6) is 1.02. The van der Waals surface area contributed by atoms with Crippen LogP contribution in [0.5, 0.6) is 0 Å². The molecule has 1 heterocycles. The molecule has 0 saturated heterocycles. The maximum atomic E-state index is 5.90. The fourth-order valence-corrected chi connectivity index (χ4v) is 3.96. The summed E-state index contributed by atoms with van der Waals surface area (Å²) in [4.78, 5) is 7.19. The van der Waals surface area contributed by atoms with Gasteiger partial charge in [-0.3, -0.25) is 0 Å². The fourth-order valence-electron chi connectivity index (χ4n) is 1.81. The van der Waals surface area contributed by atoms with Crippen LogP contribution in [-0.2, 0) is 6.42 Å². The van der Waals surface area contributed by atoms with Crippen molar-refractivity contribution in [2.24, 2.45) is 0 Å². The molecule has 0 spiro atoms. The Kier molecular flexibility index (Phi) is 5.90. The quantitative estimate of drug-likeness (QED) is 0.799. The Morgan fingerprint density at radius 3 is 2.55 bits per heavy atom. The van der Waals surface area contributed by atoms with E-state index in [-0.39, 0.29) is 0 Å². The Morgan fingerprint density at radius 1 is 1.30 bits per heavy atom. The zero-order chi connectivity index (χ0) is 14.5. The third-order valence-corrected chi connectivity index (χ3v) is 5.69. The second-order valence-electron chi connectivity index (χ2n) is 4.70. The maximum absolute atomic E-state index is 5.90. The first-order chi connectivity index (χ1) is 9.58. The molecule has 0 aliphatic carbocycles. The Bertz CT molecular complexity index is 532. The van der Waals surface area contributed by atoms with Crippen molar-refractivity contribution in [3.63, 3.8) is 0 Å². The molecular formula is C15H19ClN2S2. The van der Waals surface area contributed by atoms with Gasteiger partial charge in [-0.05, 0) is 45.2 Å². The fraction of sp³-hybridized carbons (Fsp3) is 0.400. The smallest absolute Gasteiger partial charge is 0.0946 e. The van der Waals surface area contributed by atoms with Gasteiger partial charge in [0.15, 0.2) is 0 Å². The van der Waals surface area contributed by atoms with Crippen LogP contribution in [0.3, 0.4) is 0 Å². The van der Waals surface area contributed by atoms with Crippen molar-refractivity contribution < 1.29 is 0 Å². The van der Waals surface area contributed by atoms with Crippen LogP contribution in [0, 0.1) is 13.8 Å². The molecule has 1 atom stereocenters. The topological polar surface area (TPSA) is 24.9 Å². The Labute approximate surface area is 134 Å². The number of nitrogens with zero attached hydrogens (tertiary/aromatic N) is 1. The lowest BCUT2D eigenvalue weighted by Gasteiger charge is -2.14. The van der Waals surface area contributed by atoms with Gasteiger partial charge >= 0.3 is 0 Å². The summed E-state index contributed by atoms with van der Waals surface area (Å²) < 4.78 is 0. The minimum atomic E-state index is 0.431. The minimum absolute atomic E-state index is 0.431. The number of aromatic nitrogens is 1. The predicted molar refractivity (Wildman–Crippen MR) is 90.3 cm³/mol. The third-order valence-electron chi connectivity index (χ3n) is 3.17. The molecule has 20 heavy (non-hydrogen) atoms. The van der Waals surface area contributed by atoms with Crippen LogP contribution in [-0.4, -0.2) is 23.8 Å². The number of thiazole rings is 1. The molecule has 0 bridgehead atoms. The Balaban J connectivity index is 1.90. The van der Waals surface area contributed by atoms with Gasteiger partial charge in [0.2, 0.25) is 0 Å². The first kappa shape index (κ1) is 15.8. The van der Waals surface area contributed by atoms with E-state index in [9.17, 15) is 0 Å². The van der Waals surface area contributed by atoms with Gasteiger partial charge in [0.25, 0.3) is 0 Å². The number of benzene rings is 1. The van der Waals surface area contributed by atoms with Crippen molar-refractivity contribution in [1.82, 2.24) is 10.3 Å². The number of hydrogen-bond donors (Lipinski definition) is 1. The van der Waals surface area contributed by atoms with Crippen LogP contribution in [0.2, 0.25) is 5.02 Å². The van der Waals surface area contributed by atoms with Crippen molar-refractivity contribution in [1.29, 1.82) is 0 Å². The highest BCUT2D eigenvalue weighted by Crippen LogP contribution is 2.23. The minimum Gasteiger partial charge on any atom is -0.316 e. The molecule has 1 unspecified atom stereocenters. The van der Waals surface area contributed by atoms with Gasteiger partial charge < -0.3 is 5.32 Å². The third kappa shape index (κ3) is 4.48. The molecule has 108 valence electrons. The number of likely N-dealkylation sites (N-methyl/N-ethyl adjacent to an activating group) is 1. The molecule has 0 amide bonds. The van der Waals surface area contributed by atoms with Crippen LogP contribution in [0.4, 0.5) is 0 Å². The number of halogens is 1. The SMILES string of the molecule is CNC(CSc1ccc(Cl)cc1)Cc1nc(C)c(C)s1. The molecule has 2 rings (SSSR count). The van der Waals surface area contributed by atoms with Gasteiger partial charge in [0.05, 0.1) is 10.7 Å². The van der Waals surface area contributed by atoms with Crippen molar-refractivity contribution in [3.05, 3.63) is 44.9 Å². The van der Waals surface area contributed by atoms with Crippen LogP contribution < -0.4 is 5.32 Å². The summed E-state index contributed by atoms with van der Waals surface area (Å²) >= 11 is 9.55. The zero-order valence-corrected chi connectivity index (χ0v) is 14.3. The van der Waals surface area contributed by atoms with E-state index in [1.165, 1.54) is 14.8 Å². The van der Waals surface area contributed by atoms with E-state index < -0.39 is 0 Å². The molecule has 0 radical (unpaired) electrons.